The van der Waals surface area contributed by atoms with Crippen molar-refractivity contribution in [3.8, 4) is 5.69 Å². The van der Waals surface area contributed by atoms with E-state index in [1.165, 1.54) is 0 Å². The average molecular weight is 354 g/mol. The molecule has 3 heterocycles. The second-order valence-corrected chi connectivity index (χ2v) is 6.74. The van der Waals surface area contributed by atoms with Crippen molar-refractivity contribution in [2.45, 2.75) is 13.3 Å². The topological polar surface area (TPSA) is 51.0 Å². The minimum atomic E-state index is 0.00811. The molecule has 0 N–H and O–H groups in total. The summed E-state index contributed by atoms with van der Waals surface area (Å²) in [7, 11) is 0. The van der Waals surface area contributed by atoms with Gasteiger partial charge in [0.1, 0.15) is 5.82 Å². The summed E-state index contributed by atoms with van der Waals surface area (Å²) in [5.41, 5.74) is 5.64. The molecule has 0 spiro atoms. The number of carbonyl (C=O) groups excluding carboxylic acids is 1. The van der Waals surface area contributed by atoms with Crippen LogP contribution in [0.3, 0.4) is 0 Å². The number of carbonyl (C=O) groups is 1. The van der Waals surface area contributed by atoms with Crippen LogP contribution in [0.2, 0.25) is 0 Å². The summed E-state index contributed by atoms with van der Waals surface area (Å²) < 4.78 is 2.11. The Morgan fingerprint density at radius 1 is 1.07 bits per heavy atom. The van der Waals surface area contributed by atoms with Crippen molar-refractivity contribution in [1.29, 1.82) is 0 Å². The lowest BCUT2D eigenvalue weighted by atomic mass is 10.1. The van der Waals surface area contributed by atoms with Crippen molar-refractivity contribution in [2.75, 3.05) is 11.4 Å². The lowest BCUT2D eigenvalue weighted by Crippen LogP contribution is -2.28. The van der Waals surface area contributed by atoms with E-state index >= 15 is 0 Å². The zero-order chi connectivity index (χ0) is 18.4. The molecule has 5 rings (SSSR count). The Hall–Kier alpha value is -3.47. The summed E-state index contributed by atoms with van der Waals surface area (Å²) in [5.74, 6) is 0.909. The van der Waals surface area contributed by atoms with Gasteiger partial charge in [0.15, 0.2) is 0 Å². The summed E-state index contributed by atoms with van der Waals surface area (Å²) in [6.07, 6.45) is 4.42. The molecule has 0 bridgehead atoms. The highest BCUT2D eigenvalue weighted by Crippen LogP contribution is 2.29. The zero-order valence-corrected chi connectivity index (χ0v) is 15.0. The molecule has 1 aliphatic rings. The molecule has 1 aliphatic heterocycles. The van der Waals surface area contributed by atoms with Gasteiger partial charge in [0, 0.05) is 30.2 Å². The molecule has 0 atom stereocenters. The SMILES string of the molecule is Cc1nc2cc(C(=O)N3CCc4cnccc43)ccc2n1-c1ccccc1. The van der Waals surface area contributed by atoms with Crippen LogP contribution in [0, 0.1) is 6.92 Å². The monoisotopic (exact) mass is 354 g/mol. The fourth-order valence-corrected chi connectivity index (χ4v) is 3.83. The molecule has 0 aliphatic carbocycles. The van der Waals surface area contributed by atoms with Crippen molar-refractivity contribution in [3.05, 3.63) is 83.9 Å². The number of benzene rings is 2. The third kappa shape index (κ3) is 2.51. The minimum absolute atomic E-state index is 0.00811. The van der Waals surface area contributed by atoms with Crippen LogP contribution in [0.15, 0.2) is 67.0 Å². The summed E-state index contributed by atoms with van der Waals surface area (Å²) in [5, 5.41) is 0. The number of para-hydroxylation sites is 1. The fraction of sp³-hybridized carbons (Fsp3) is 0.136. The number of hydrogen-bond donors (Lipinski definition) is 0. The van der Waals surface area contributed by atoms with Crippen LogP contribution < -0.4 is 4.90 Å². The Labute approximate surface area is 156 Å². The summed E-state index contributed by atoms with van der Waals surface area (Å²) in [6, 6.07) is 17.8. The Balaban J connectivity index is 1.56. The second-order valence-electron chi connectivity index (χ2n) is 6.74. The number of aryl methyl sites for hydroxylation is 1. The van der Waals surface area contributed by atoms with Gasteiger partial charge in [-0.05, 0) is 55.3 Å². The van der Waals surface area contributed by atoms with Crippen molar-refractivity contribution in [3.63, 3.8) is 0 Å². The van der Waals surface area contributed by atoms with Crippen molar-refractivity contribution in [1.82, 2.24) is 14.5 Å². The van der Waals surface area contributed by atoms with Crippen LogP contribution in [0.4, 0.5) is 5.69 Å². The average Bonchev–Trinajstić information content (AvgIpc) is 3.27. The van der Waals surface area contributed by atoms with Crippen LogP contribution in [0.1, 0.15) is 21.7 Å². The van der Waals surface area contributed by atoms with Gasteiger partial charge in [-0.15, -0.1) is 0 Å². The van der Waals surface area contributed by atoms with Crippen LogP contribution in [-0.4, -0.2) is 27.0 Å². The predicted octanol–water partition coefficient (Wildman–Crippen LogP) is 3.93. The van der Waals surface area contributed by atoms with Crippen LogP contribution in [0.5, 0.6) is 0 Å². The predicted molar refractivity (Wildman–Crippen MR) is 105 cm³/mol. The van der Waals surface area contributed by atoms with Crippen molar-refractivity contribution < 1.29 is 4.79 Å². The maximum atomic E-state index is 13.1. The summed E-state index contributed by atoms with van der Waals surface area (Å²) in [6.45, 7) is 2.67. The quantitative estimate of drug-likeness (QED) is 0.548. The standard InChI is InChI=1S/C22H18N4O/c1-15-24-19-13-16(7-8-21(19)26(15)18-5-3-2-4-6-18)22(27)25-12-10-17-14-23-11-9-20(17)25/h2-9,11,13-14H,10,12H2,1H3. The molecular weight excluding hydrogens is 336 g/mol. The van der Waals surface area contributed by atoms with E-state index in [-0.39, 0.29) is 5.91 Å². The Bertz CT molecular complexity index is 1160. The molecule has 4 aromatic rings. The highest BCUT2D eigenvalue weighted by Gasteiger charge is 2.26. The number of rotatable bonds is 2. The van der Waals surface area contributed by atoms with E-state index in [9.17, 15) is 4.79 Å². The van der Waals surface area contributed by atoms with E-state index < -0.39 is 0 Å². The Morgan fingerprint density at radius 3 is 2.78 bits per heavy atom. The second kappa shape index (κ2) is 6.06. The van der Waals surface area contributed by atoms with Gasteiger partial charge in [0.25, 0.3) is 5.91 Å². The van der Waals surface area contributed by atoms with Crippen LogP contribution >= 0.6 is 0 Å². The first kappa shape index (κ1) is 15.8. The van der Waals surface area contributed by atoms with E-state index in [1.54, 1.807) is 6.20 Å². The van der Waals surface area contributed by atoms with Gasteiger partial charge in [0.2, 0.25) is 0 Å². The number of aromatic nitrogens is 3. The number of nitrogens with zero attached hydrogens (tertiary/aromatic N) is 4. The molecule has 132 valence electrons. The van der Waals surface area contributed by atoms with Gasteiger partial charge in [-0.1, -0.05) is 18.2 Å². The normalized spacial score (nSPS) is 13.1. The number of fused-ring (bicyclic) bond motifs is 2. The van der Waals surface area contributed by atoms with E-state index in [0.29, 0.717) is 12.1 Å². The van der Waals surface area contributed by atoms with Crippen molar-refractivity contribution in [2.24, 2.45) is 0 Å². The first-order chi connectivity index (χ1) is 13.2. The third-order valence-electron chi connectivity index (χ3n) is 5.10. The molecule has 5 heteroatoms. The number of pyridine rings is 1. The van der Waals surface area contributed by atoms with Crippen molar-refractivity contribution >= 4 is 22.6 Å². The molecule has 5 nitrogen and oxygen atoms in total. The smallest absolute Gasteiger partial charge is 0.258 e. The molecule has 1 amide bonds. The summed E-state index contributed by atoms with van der Waals surface area (Å²) in [4.78, 5) is 23.8. The van der Waals surface area contributed by atoms with E-state index in [2.05, 4.69) is 26.7 Å². The molecule has 0 fully saturated rings. The maximum Gasteiger partial charge on any atom is 0.258 e. The molecule has 27 heavy (non-hydrogen) atoms. The maximum absolute atomic E-state index is 13.1. The van der Waals surface area contributed by atoms with E-state index in [4.69, 9.17) is 0 Å². The molecule has 2 aromatic heterocycles. The zero-order valence-electron chi connectivity index (χ0n) is 15.0. The van der Waals surface area contributed by atoms with Gasteiger partial charge in [0.05, 0.1) is 16.7 Å². The molecule has 0 saturated carbocycles. The van der Waals surface area contributed by atoms with E-state index in [0.717, 1.165) is 40.2 Å². The first-order valence-electron chi connectivity index (χ1n) is 9.01. The highest BCUT2D eigenvalue weighted by atomic mass is 16.2. The van der Waals surface area contributed by atoms with Gasteiger partial charge < -0.3 is 4.90 Å². The Morgan fingerprint density at radius 2 is 1.93 bits per heavy atom. The third-order valence-corrected chi connectivity index (χ3v) is 5.10. The minimum Gasteiger partial charge on any atom is -0.308 e. The number of hydrogen-bond acceptors (Lipinski definition) is 3. The lowest BCUT2D eigenvalue weighted by molar-refractivity contribution is 0.0989. The first-order valence-corrected chi connectivity index (χ1v) is 9.01. The van der Waals surface area contributed by atoms with E-state index in [1.807, 2.05) is 60.5 Å². The number of anilines is 1. The largest absolute Gasteiger partial charge is 0.308 e. The van der Waals surface area contributed by atoms with Gasteiger partial charge in [-0.2, -0.15) is 0 Å². The van der Waals surface area contributed by atoms with Gasteiger partial charge in [-0.25, -0.2) is 4.98 Å². The van der Waals surface area contributed by atoms with Gasteiger partial charge in [-0.3, -0.25) is 14.3 Å². The lowest BCUT2D eigenvalue weighted by Gasteiger charge is -2.17. The highest BCUT2D eigenvalue weighted by molar-refractivity contribution is 6.08. The van der Waals surface area contributed by atoms with Crippen LogP contribution in [0.25, 0.3) is 16.7 Å². The van der Waals surface area contributed by atoms with Crippen LogP contribution in [-0.2, 0) is 6.42 Å². The molecule has 0 saturated heterocycles. The number of amides is 1. The van der Waals surface area contributed by atoms with Gasteiger partial charge >= 0.3 is 0 Å². The Kier molecular flexibility index (Phi) is 3.53. The molecular formula is C22H18N4O. The molecule has 0 radical (unpaired) electrons. The molecule has 2 aromatic carbocycles. The number of imidazole rings is 1. The fourth-order valence-electron chi connectivity index (χ4n) is 3.83. The summed E-state index contributed by atoms with van der Waals surface area (Å²) >= 11 is 0. The molecule has 0 unspecified atom stereocenters.